The number of ether oxygens (including phenoxy) is 3. The first kappa shape index (κ1) is 20.2. The zero-order valence-corrected chi connectivity index (χ0v) is 16.4. The first-order valence-corrected chi connectivity index (χ1v) is 9.59. The number of carbonyl (C=O) groups excluding carboxylic acids is 3. The van der Waals surface area contributed by atoms with Crippen LogP contribution in [-0.2, 0) is 23.9 Å². The number of rotatable bonds is 8. The average molecular weight is 428 g/mol. The third kappa shape index (κ3) is 3.85. The first-order valence-electron chi connectivity index (χ1n) is 8.47. The van der Waals surface area contributed by atoms with Crippen LogP contribution in [0, 0.1) is 0 Å². The van der Waals surface area contributed by atoms with Crippen molar-refractivity contribution in [1.82, 2.24) is 0 Å². The van der Waals surface area contributed by atoms with E-state index in [9.17, 15) is 14.4 Å². The molecule has 1 heterocycles. The molecule has 1 aliphatic heterocycles. The molecule has 1 aliphatic rings. The summed E-state index contributed by atoms with van der Waals surface area (Å²) in [7, 11) is 0. The van der Waals surface area contributed by atoms with Crippen LogP contribution in [0.1, 0.15) is 26.7 Å². The Morgan fingerprint density at radius 2 is 1.69 bits per heavy atom. The fraction of sp³-hybridized carbons (Fsp3) is 0.500. The second-order valence-electron chi connectivity index (χ2n) is 5.56. The van der Waals surface area contributed by atoms with Crippen molar-refractivity contribution in [2.24, 2.45) is 0 Å². The zero-order valence-electron chi connectivity index (χ0n) is 14.8. The van der Waals surface area contributed by atoms with Gasteiger partial charge in [0.2, 0.25) is 11.4 Å². The highest BCUT2D eigenvalue weighted by Gasteiger charge is 2.60. The van der Waals surface area contributed by atoms with E-state index in [4.69, 9.17) is 14.2 Å². The molecule has 1 fully saturated rings. The Balaban J connectivity index is 2.42. The average Bonchev–Trinajstić information content (AvgIpc) is 2.99. The van der Waals surface area contributed by atoms with Gasteiger partial charge in [0.05, 0.1) is 19.8 Å². The standard InChI is InChI=1S/C18H22BrNO6/c1-3-24-16(22)18(17(23)25-4-2)10-9-15(21)20(18)13-5-7-14(8-6-13)26-12-11-19/h5-8H,3-4,9-12H2,1-2H3. The maximum Gasteiger partial charge on any atom is 0.344 e. The summed E-state index contributed by atoms with van der Waals surface area (Å²) in [4.78, 5) is 39.1. The minimum absolute atomic E-state index is 0.0192. The minimum Gasteiger partial charge on any atom is -0.493 e. The molecule has 0 aromatic heterocycles. The highest BCUT2D eigenvalue weighted by Crippen LogP contribution is 2.38. The fourth-order valence-corrected chi connectivity index (χ4v) is 3.07. The second-order valence-corrected chi connectivity index (χ2v) is 6.35. The molecule has 0 spiro atoms. The van der Waals surface area contributed by atoms with Crippen LogP contribution in [0.15, 0.2) is 24.3 Å². The van der Waals surface area contributed by atoms with Crippen molar-refractivity contribution in [2.45, 2.75) is 32.2 Å². The van der Waals surface area contributed by atoms with Gasteiger partial charge in [-0.15, -0.1) is 0 Å². The lowest BCUT2D eigenvalue weighted by atomic mass is 9.95. The van der Waals surface area contributed by atoms with Gasteiger partial charge in [-0.1, -0.05) is 15.9 Å². The van der Waals surface area contributed by atoms with Crippen molar-refractivity contribution in [1.29, 1.82) is 0 Å². The van der Waals surface area contributed by atoms with Gasteiger partial charge in [0, 0.05) is 23.9 Å². The molecule has 1 saturated heterocycles. The fourth-order valence-electron chi connectivity index (χ4n) is 2.91. The summed E-state index contributed by atoms with van der Waals surface area (Å²) < 4.78 is 15.7. The van der Waals surface area contributed by atoms with Crippen LogP contribution < -0.4 is 9.64 Å². The summed E-state index contributed by atoms with van der Waals surface area (Å²) in [6.45, 7) is 3.99. The molecular formula is C18H22BrNO6. The largest absolute Gasteiger partial charge is 0.493 e. The molecule has 0 N–H and O–H groups in total. The van der Waals surface area contributed by atoms with Crippen molar-refractivity contribution in [3.63, 3.8) is 0 Å². The number of hydrogen-bond donors (Lipinski definition) is 0. The topological polar surface area (TPSA) is 82.1 Å². The minimum atomic E-state index is -1.79. The molecule has 0 aliphatic carbocycles. The van der Waals surface area contributed by atoms with E-state index in [1.165, 1.54) is 4.90 Å². The molecule has 0 atom stereocenters. The summed E-state index contributed by atoms with van der Waals surface area (Å²) in [5.41, 5.74) is -1.37. The van der Waals surface area contributed by atoms with Gasteiger partial charge in [0.15, 0.2) is 0 Å². The van der Waals surface area contributed by atoms with Crippen LogP contribution in [0.5, 0.6) is 5.75 Å². The van der Waals surface area contributed by atoms with Gasteiger partial charge >= 0.3 is 11.9 Å². The van der Waals surface area contributed by atoms with Crippen molar-refractivity contribution in [2.75, 3.05) is 30.1 Å². The highest BCUT2D eigenvalue weighted by atomic mass is 79.9. The van der Waals surface area contributed by atoms with Crippen molar-refractivity contribution in [3.8, 4) is 5.75 Å². The lowest BCUT2D eigenvalue weighted by molar-refractivity contribution is -0.164. The van der Waals surface area contributed by atoms with Crippen molar-refractivity contribution >= 4 is 39.5 Å². The molecule has 1 aromatic carbocycles. The Kier molecular flexibility index (Phi) is 7.02. The molecule has 2 rings (SSSR count). The van der Waals surface area contributed by atoms with E-state index in [1.807, 2.05) is 0 Å². The lowest BCUT2D eigenvalue weighted by Gasteiger charge is -2.33. The third-order valence-electron chi connectivity index (χ3n) is 4.00. The summed E-state index contributed by atoms with van der Waals surface area (Å²) in [5, 5.41) is 0.689. The van der Waals surface area contributed by atoms with E-state index in [0.717, 1.165) is 0 Å². The maximum atomic E-state index is 12.7. The highest BCUT2D eigenvalue weighted by molar-refractivity contribution is 9.09. The van der Waals surface area contributed by atoms with Crippen LogP contribution >= 0.6 is 15.9 Å². The van der Waals surface area contributed by atoms with Crippen molar-refractivity contribution in [3.05, 3.63) is 24.3 Å². The Hall–Kier alpha value is -2.09. The monoisotopic (exact) mass is 427 g/mol. The van der Waals surface area contributed by atoms with Crippen LogP contribution in [0.25, 0.3) is 0 Å². The summed E-state index contributed by atoms with van der Waals surface area (Å²) in [5.74, 6) is -1.26. The Morgan fingerprint density at radius 1 is 1.12 bits per heavy atom. The number of esters is 2. The van der Waals surface area contributed by atoms with Gasteiger partial charge in [-0.3, -0.25) is 9.69 Å². The maximum absolute atomic E-state index is 12.7. The molecule has 1 aromatic rings. The summed E-state index contributed by atoms with van der Waals surface area (Å²) >= 11 is 3.28. The van der Waals surface area contributed by atoms with Gasteiger partial charge in [0.1, 0.15) is 5.75 Å². The van der Waals surface area contributed by atoms with Crippen LogP contribution in [-0.4, -0.2) is 48.5 Å². The van der Waals surface area contributed by atoms with Gasteiger partial charge in [-0.05, 0) is 38.1 Å². The van der Waals surface area contributed by atoms with Crippen LogP contribution in [0.4, 0.5) is 5.69 Å². The number of hydrogen-bond acceptors (Lipinski definition) is 6. The van der Waals surface area contributed by atoms with Gasteiger partial charge in [-0.2, -0.15) is 0 Å². The Bertz CT molecular complexity index is 642. The number of anilines is 1. The molecule has 8 heteroatoms. The van der Waals surface area contributed by atoms with Crippen LogP contribution in [0.3, 0.4) is 0 Å². The molecule has 0 saturated carbocycles. The normalized spacial score (nSPS) is 15.7. The Labute approximate surface area is 160 Å². The first-order chi connectivity index (χ1) is 12.5. The molecular weight excluding hydrogens is 406 g/mol. The predicted molar refractivity (Wildman–Crippen MR) is 98.4 cm³/mol. The number of halogens is 1. The van der Waals surface area contributed by atoms with E-state index < -0.39 is 17.5 Å². The number of nitrogens with zero attached hydrogens (tertiary/aromatic N) is 1. The van der Waals surface area contributed by atoms with E-state index in [-0.39, 0.29) is 32.0 Å². The van der Waals surface area contributed by atoms with Gasteiger partial charge in [0.25, 0.3) is 0 Å². The summed E-state index contributed by atoms with van der Waals surface area (Å²) in [6.07, 6.45) is 0.0742. The molecule has 0 bridgehead atoms. The number of alkyl halides is 1. The molecule has 0 unspecified atom stereocenters. The second kappa shape index (κ2) is 9.02. The molecule has 0 radical (unpaired) electrons. The Morgan fingerprint density at radius 3 is 2.19 bits per heavy atom. The van der Waals surface area contributed by atoms with E-state index >= 15 is 0 Å². The van der Waals surface area contributed by atoms with Gasteiger partial charge in [-0.25, -0.2) is 9.59 Å². The number of benzene rings is 1. The molecule has 1 amide bonds. The van der Waals surface area contributed by atoms with E-state index in [1.54, 1.807) is 38.1 Å². The quantitative estimate of drug-likeness (QED) is 0.360. The molecule has 26 heavy (non-hydrogen) atoms. The molecule has 7 nitrogen and oxygen atoms in total. The number of amides is 1. The smallest absolute Gasteiger partial charge is 0.344 e. The third-order valence-corrected chi connectivity index (χ3v) is 4.32. The number of carbonyl (C=O) groups is 3. The summed E-state index contributed by atoms with van der Waals surface area (Å²) in [6, 6.07) is 6.65. The van der Waals surface area contributed by atoms with E-state index in [2.05, 4.69) is 15.9 Å². The zero-order chi connectivity index (χ0) is 19.2. The van der Waals surface area contributed by atoms with E-state index in [0.29, 0.717) is 23.4 Å². The SMILES string of the molecule is CCOC(=O)C1(C(=O)OCC)CCC(=O)N1c1ccc(OCCBr)cc1. The van der Waals surface area contributed by atoms with Crippen molar-refractivity contribution < 1.29 is 28.6 Å². The van der Waals surface area contributed by atoms with Crippen LogP contribution in [0.2, 0.25) is 0 Å². The molecule has 142 valence electrons. The predicted octanol–water partition coefficient (Wildman–Crippen LogP) is 2.45. The lowest BCUT2D eigenvalue weighted by Crippen LogP contribution is -2.59. The van der Waals surface area contributed by atoms with Gasteiger partial charge < -0.3 is 14.2 Å².